The Kier molecular flexibility index (Phi) is 6.58. The molecule has 0 saturated heterocycles. The Morgan fingerprint density at radius 1 is 0.846 bits per heavy atom. The van der Waals surface area contributed by atoms with Crippen LogP contribution in [0.15, 0.2) is 94.5 Å². The fourth-order valence-electron chi connectivity index (χ4n) is 2.65. The summed E-state index contributed by atoms with van der Waals surface area (Å²) in [6.45, 7) is 0. The van der Waals surface area contributed by atoms with Crippen LogP contribution in [0, 0.1) is 0 Å². The Balaban J connectivity index is 1.78. The highest BCUT2D eigenvalue weighted by molar-refractivity contribution is 9.10. The summed E-state index contributed by atoms with van der Waals surface area (Å²) >= 11 is 3.43. The Labute approximate surface area is 162 Å². The highest BCUT2D eigenvalue weighted by Gasteiger charge is 2.14. The van der Waals surface area contributed by atoms with E-state index in [2.05, 4.69) is 26.5 Å². The normalized spacial score (nSPS) is 12.6. The van der Waals surface area contributed by atoms with Crippen LogP contribution in [-0.2, 0) is 12.8 Å². The molecule has 0 spiro atoms. The molecule has 0 aliphatic carbocycles. The zero-order valence-electron chi connectivity index (χ0n) is 14.3. The molecule has 1 atom stereocenters. The largest absolute Gasteiger partial charge is 0.387 e. The van der Waals surface area contributed by atoms with Gasteiger partial charge in [0.05, 0.1) is 17.5 Å². The molecule has 0 aromatic heterocycles. The van der Waals surface area contributed by atoms with Gasteiger partial charge in [0.2, 0.25) is 0 Å². The number of halogens is 1. The average Bonchev–Trinajstić information content (AvgIpc) is 2.68. The number of hydrazone groups is 1. The lowest BCUT2D eigenvalue weighted by atomic mass is 9.99. The molecule has 3 aromatic carbocycles. The van der Waals surface area contributed by atoms with Crippen LogP contribution in [0.4, 0.5) is 5.69 Å². The third-order valence-corrected chi connectivity index (χ3v) is 4.59. The van der Waals surface area contributed by atoms with Crippen molar-refractivity contribution in [1.82, 2.24) is 0 Å². The maximum atomic E-state index is 10.8. The van der Waals surface area contributed by atoms with Crippen molar-refractivity contribution in [3.63, 3.8) is 0 Å². The molecule has 0 saturated carbocycles. The topological polar surface area (TPSA) is 44.6 Å². The van der Waals surface area contributed by atoms with Crippen molar-refractivity contribution in [2.45, 2.75) is 18.9 Å². The van der Waals surface area contributed by atoms with E-state index in [1.165, 1.54) is 0 Å². The Morgan fingerprint density at radius 2 is 1.42 bits per heavy atom. The first-order valence-electron chi connectivity index (χ1n) is 8.54. The van der Waals surface area contributed by atoms with E-state index in [4.69, 9.17) is 0 Å². The van der Waals surface area contributed by atoms with E-state index >= 15 is 0 Å². The fraction of sp³-hybridized carbons (Fsp3) is 0.136. The van der Waals surface area contributed by atoms with Crippen LogP contribution in [0.3, 0.4) is 0 Å². The summed E-state index contributed by atoms with van der Waals surface area (Å²) in [6, 6.07) is 27.8. The second-order valence-electron chi connectivity index (χ2n) is 6.09. The average molecular weight is 409 g/mol. The highest BCUT2D eigenvalue weighted by atomic mass is 79.9. The summed E-state index contributed by atoms with van der Waals surface area (Å²) in [5.41, 5.74) is 6.87. The molecular formula is C22H21BrN2O. The van der Waals surface area contributed by atoms with Crippen LogP contribution >= 0.6 is 15.9 Å². The molecule has 0 aliphatic rings. The van der Waals surface area contributed by atoms with E-state index < -0.39 is 6.10 Å². The van der Waals surface area contributed by atoms with Crippen LogP contribution in [-0.4, -0.2) is 16.9 Å². The van der Waals surface area contributed by atoms with E-state index in [1.807, 2.05) is 84.9 Å². The molecule has 132 valence electrons. The number of benzene rings is 3. The van der Waals surface area contributed by atoms with Crippen molar-refractivity contribution in [2.75, 3.05) is 5.43 Å². The first-order chi connectivity index (χ1) is 12.7. The van der Waals surface area contributed by atoms with Gasteiger partial charge in [-0.3, -0.25) is 5.43 Å². The Morgan fingerprint density at radius 3 is 2.04 bits per heavy atom. The fourth-order valence-corrected chi connectivity index (χ4v) is 2.92. The van der Waals surface area contributed by atoms with Gasteiger partial charge in [0, 0.05) is 17.3 Å². The molecule has 0 heterocycles. The van der Waals surface area contributed by atoms with Crippen LogP contribution < -0.4 is 5.43 Å². The molecule has 3 rings (SSSR count). The van der Waals surface area contributed by atoms with Crippen molar-refractivity contribution in [1.29, 1.82) is 0 Å². The lowest BCUT2D eigenvalue weighted by Gasteiger charge is -2.15. The summed E-state index contributed by atoms with van der Waals surface area (Å²) in [5, 5.41) is 15.3. The van der Waals surface area contributed by atoms with E-state index in [0.717, 1.165) is 21.3 Å². The summed E-state index contributed by atoms with van der Waals surface area (Å²) in [7, 11) is 0. The highest BCUT2D eigenvalue weighted by Crippen LogP contribution is 2.15. The van der Waals surface area contributed by atoms with E-state index in [9.17, 15) is 5.11 Å². The molecular weight excluding hydrogens is 388 g/mol. The van der Waals surface area contributed by atoms with Crippen LogP contribution in [0.5, 0.6) is 0 Å². The van der Waals surface area contributed by atoms with Gasteiger partial charge in [-0.05, 0) is 35.4 Å². The molecule has 2 N–H and O–H groups in total. The maximum Gasteiger partial charge on any atom is 0.0982 e. The van der Waals surface area contributed by atoms with Crippen LogP contribution in [0.2, 0.25) is 0 Å². The smallest absolute Gasteiger partial charge is 0.0982 e. The van der Waals surface area contributed by atoms with Gasteiger partial charge in [-0.2, -0.15) is 5.10 Å². The minimum absolute atomic E-state index is 0.536. The van der Waals surface area contributed by atoms with Crippen molar-refractivity contribution >= 4 is 27.3 Å². The number of nitrogens with zero attached hydrogens (tertiary/aromatic N) is 1. The molecule has 3 aromatic rings. The van der Waals surface area contributed by atoms with Gasteiger partial charge in [-0.1, -0.05) is 76.6 Å². The van der Waals surface area contributed by atoms with E-state index in [0.29, 0.717) is 18.6 Å². The lowest BCUT2D eigenvalue weighted by molar-refractivity contribution is 0.240. The van der Waals surface area contributed by atoms with Crippen molar-refractivity contribution < 1.29 is 5.11 Å². The van der Waals surface area contributed by atoms with Gasteiger partial charge in [0.1, 0.15) is 0 Å². The zero-order valence-corrected chi connectivity index (χ0v) is 15.9. The second kappa shape index (κ2) is 9.32. The third-order valence-electron chi connectivity index (χ3n) is 4.06. The van der Waals surface area contributed by atoms with Crippen molar-refractivity contribution in [3.8, 4) is 0 Å². The summed E-state index contributed by atoms with van der Waals surface area (Å²) in [4.78, 5) is 0. The molecule has 1 unspecified atom stereocenters. The predicted molar refractivity (Wildman–Crippen MR) is 111 cm³/mol. The lowest BCUT2D eigenvalue weighted by Crippen LogP contribution is -2.26. The first kappa shape index (κ1) is 18.4. The number of hydrogen-bond donors (Lipinski definition) is 2. The van der Waals surface area contributed by atoms with E-state index in [-0.39, 0.29) is 0 Å². The molecule has 0 aliphatic heterocycles. The first-order valence-corrected chi connectivity index (χ1v) is 9.34. The maximum absolute atomic E-state index is 10.8. The van der Waals surface area contributed by atoms with Gasteiger partial charge in [-0.15, -0.1) is 0 Å². The van der Waals surface area contributed by atoms with Gasteiger partial charge >= 0.3 is 0 Å². The quantitative estimate of drug-likeness (QED) is 0.423. The van der Waals surface area contributed by atoms with Gasteiger partial charge in [0.15, 0.2) is 0 Å². The third kappa shape index (κ3) is 5.55. The summed E-state index contributed by atoms with van der Waals surface area (Å²) in [6.07, 6.45) is 0.480. The monoisotopic (exact) mass is 408 g/mol. The standard InChI is InChI=1S/C22H21BrN2O/c23-19-11-13-20(14-12-19)24-25-21(15-17-7-3-1-4-8-17)22(26)16-18-9-5-2-6-10-18/h1-14,22,24,26H,15-16H2/b25-21+. The van der Waals surface area contributed by atoms with Gasteiger partial charge in [0.25, 0.3) is 0 Å². The van der Waals surface area contributed by atoms with Crippen molar-refractivity contribution in [3.05, 3.63) is 101 Å². The summed E-state index contributed by atoms with van der Waals surface area (Å²) < 4.78 is 1.01. The minimum Gasteiger partial charge on any atom is -0.387 e. The molecule has 0 amide bonds. The van der Waals surface area contributed by atoms with Gasteiger partial charge in [-0.25, -0.2) is 0 Å². The second-order valence-corrected chi connectivity index (χ2v) is 7.01. The van der Waals surface area contributed by atoms with E-state index in [1.54, 1.807) is 0 Å². The molecule has 0 radical (unpaired) electrons. The van der Waals surface area contributed by atoms with Crippen molar-refractivity contribution in [2.24, 2.45) is 5.10 Å². The minimum atomic E-state index is -0.652. The molecule has 0 bridgehead atoms. The number of nitrogens with one attached hydrogen (secondary N) is 1. The summed E-state index contributed by atoms with van der Waals surface area (Å²) in [5.74, 6) is 0. The van der Waals surface area contributed by atoms with Gasteiger partial charge < -0.3 is 5.11 Å². The SMILES string of the molecule is OC(Cc1ccccc1)/C(Cc1ccccc1)=N/Nc1ccc(Br)cc1. The molecule has 3 nitrogen and oxygen atoms in total. The molecule has 4 heteroatoms. The number of aliphatic hydroxyl groups excluding tert-OH is 1. The molecule has 0 fully saturated rings. The Bertz CT molecular complexity index is 833. The predicted octanol–water partition coefficient (Wildman–Crippen LogP) is 5.06. The van der Waals surface area contributed by atoms with Crippen LogP contribution in [0.25, 0.3) is 0 Å². The number of aliphatic hydroxyl groups is 1. The molecule has 26 heavy (non-hydrogen) atoms. The number of rotatable bonds is 7. The number of hydrogen-bond acceptors (Lipinski definition) is 3. The Hall–Kier alpha value is -2.43. The zero-order chi connectivity index (χ0) is 18.2. The van der Waals surface area contributed by atoms with Crippen LogP contribution in [0.1, 0.15) is 11.1 Å². The number of anilines is 1.